The quantitative estimate of drug-likeness (QED) is 0.533. The molecule has 0 aromatic carbocycles. The van der Waals surface area contributed by atoms with E-state index in [1.165, 1.54) is 44.9 Å². The van der Waals surface area contributed by atoms with Gasteiger partial charge in [0.1, 0.15) is 0 Å². The Morgan fingerprint density at radius 1 is 0.810 bits per heavy atom. The zero-order chi connectivity index (χ0) is 13.5. The van der Waals surface area contributed by atoms with Crippen LogP contribution in [0.3, 0.4) is 0 Å². The molecule has 0 amide bonds. The average Bonchev–Trinajstić information content (AvgIpc) is 2.44. The van der Waals surface area contributed by atoms with E-state index < -0.39 is 0 Å². The highest BCUT2D eigenvalue weighted by Gasteiger charge is 2.26. The number of hydrogen-bond donors (Lipinski definition) is 0. The Labute approximate surface area is 130 Å². The molecule has 2 fully saturated rings. The summed E-state index contributed by atoms with van der Waals surface area (Å²) in [6.45, 7) is 3.56. The molecule has 0 bridgehead atoms. The van der Waals surface area contributed by atoms with Gasteiger partial charge in [0, 0.05) is 0 Å². The van der Waals surface area contributed by atoms with Crippen LogP contribution < -0.4 is 0 Å². The molecule has 3 nitrogen and oxygen atoms in total. The van der Waals surface area contributed by atoms with Crippen molar-refractivity contribution >= 4 is 11.9 Å². The number of hydrogen-bond acceptors (Lipinski definition) is 3. The first-order valence-electron chi connectivity index (χ1n) is 7.60. The van der Waals surface area contributed by atoms with E-state index >= 15 is 0 Å². The van der Waals surface area contributed by atoms with Crippen molar-refractivity contribution in [3.8, 4) is 0 Å². The van der Waals surface area contributed by atoms with Gasteiger partial charge in [0.15, 0.2) is 0 Å². The van der Waals surface area contributed by atoms with Crippen LogP contribution in [0.2, 0.25) is 0 Å². The van der Waals surface area contributed by atoms with Crippen molar-refractivity contribution in [2.45, 2.75) is 84.7 Å². The summed E-state index contributed by atoms with van der Waals surface area (Å²) in [5, 5.41) is 0. The van der Waals surface area contributed by atoms with Gasteiger partial charge in [-0.05, 0) is 82.1 Å². The maximum Gasteiger partial charge on any atom is 0.235 e. The van der Waals surface area contributed by atoms with Crippen molar-refractivity contribution in [3.63, 3.8) is 0 Å². The fourth-order valence-electron chi connectivity index (χ4n) is 3.69. The van der Waals surface area contributed by atoms with Crippen molar-refractivity contribution in [1.29, 1.82) is 0 Å². The minimum absolute atomic E-state index is 0. The Morgan fingerprint density at radius 2 is 1.24 bits per heavy atom. The number of nitrogens with zero attached hydrogens (tertiary/aromatic N) is 2. The number of carbonyl (C=O) groups excluding carboxylic acids is 1. The summed E-state index contributed by atoms with van der Waals surface area (Å²) in [6.07, 6.45) is 12.7. The SMILES string of the molecule is C.C.C=C=NC1CCC(CC2CCC(N=C=O)CC2)CC1. The van der Waals surface area contributed by atoms with Crippen molar-refractivity contribution in [3.05, 3.63) is 6.58 Å². The first-order chi connectivity index (χ1) is 9.31. The lowest BCUT2D eigenvalue weighted by atomic mass is 9.76. The van der Waals surface area contributed by atoms with Gasteiger partial charge in [0.2, 0.25) is 6.08 Å². The predicted molar refractivity (Wildman–Crippen MR) is 90.8 cm³/mol. The lowest BCUT2D eigenvalue weighted by Crippen LogP contribution is -2.23. The smallest absolute Gasteiger partial charge is 0.235 e. The molecule has 0 aromatic rings. The highest BCUT2D eigenvalue weighted by Crippen LogP contribution is 2.36. The summed E-state index contributed by atoms with van der Waals surface area (Å²) >= 11 is 0. The van der Waals surface area contributed by atoms with Crippen molar-refractivity contribution in [2.75, 3.05) is 0 Å². The lowest BCUT2D eigenvalue weighted by Gasteiger charge is -2.32. The molecule has 21 heavy (non-hydrogen) atoms. The van der Waals surface area contributed by atoms with E-state index in [0.717, 1.165) is 24.7 Å². The first-order valence-corrected chi connectivity index (χ1v) is 7.60. The molecule has 0 unspecified atom stereocenters. The zero-order valence-electron chi connectivity index (χ0n) is 11.7. The fraction of sp³-hybridized carbons (Fsp3) is 0.833. The summed E-state index contributed by atoms with van der Waals surface area (Å²) < 4.78 is 0. The van der Waals surface area contributed by atoms with Crippen molar-refractivity contribution < 1.29 is 4.79 Å². The summed E-state index contributed by atoms with van der Waals surface area (Å²) in [7, 11) is 0. The summed E-state index contributed by atoms with van der Waals surface area (Å²) in [6, 6.07) is 0.734. The van der Waals surface area contributed by atoms with Crippen LogP contribution >= 0.6 is 0 Å². The van der Waals surface area contributed by atoms with E-state index in [1.54, 1.807) is 6.08 Å². The van der Waals surface area contributed by atoms with Crippen LogP contribution in [0.4, 0.5) is 0 Å². The van der Waals surface area contributed by atoms with Gasteiger partial charge in [-0.1, -0.05) is 14.9 Å². The monoisotopic (exact) mass is 292 g/mol. The summed E-state index contributed by atoms with van der Waals surface area (Å²) in [5.41, 5.74) is 0. The maximum atomic E-state index is 10.2. The molecule has 3 heteroatoms. The standard InChI is InChI=1S/C16H24N2O.2CH4/c1-2-17-15-7-3-13(4-8-15)11-14-5-9-16(10-6-14)18-12-19;;/h13-16H,1,3-11H2;2*1H4. The second kappa shape index (κ2) is 10.5. The molecule has 0 N–H and O–H groups in total. The molecule has 0 atom stereocenters. The maximum absolute atomic E-state index is 10.2. The molecule has 2 rings (SSSR count). The molecule has 0 saturated heterocycles. The molecule has 0 spiro atoms. The summed E-state index contributed by atoms with van der Waals surface area (Å²) in [5.74, 6) is 4.42. The van der Waals surface area contributed by atoms with Gasteiger partial charge >= 0.3 is 0 Å². The van der Waals surface area contributed by atoms with Crippen LogP contribution in [0, 0.1) is 11.8 Å². The number of isocyanates is 1. The average molecular weight is 292 g/mol. The fourth-order valence-corrected chi connectivity index (χ4v) is 3.69. The van der Waals surface area contributed by atoms with Gasteiger partial charge in [-0.3, -0.25) is 0 Å². The third-order valence-corrected chi connectivity index (χ3v) is 4.81. The van der Waals surface area contributed by atoms with E-state index in [2.05, 4.69) is 22.4 Å². The molecule has 0 aromatic heterocycles. The Morgan fingerprint density at radius 3 is 1.62 bits per heavy atom. The Balaban J connectivity index is 0.00000200. The Hall–Kier alpha value is -1.17. The van der Waals surface area contributed by atoms with Crippen LogP contribution in [-0.4, -0.2) is 24.0 Å². The number of rotatable bonds is 4. The van der Waals surface area contributed by atoms with Crippen molar-refractivity contribution in [2.24, 2.45) is 21.8 Å². The Bertz CT molecular complexity index is 329. The normalized spacial score (nSPS) is 31.6. The third-order valence-electron chi connectivity index (χ3n) is 4.81. The molecule has 0 heterocycles. The summed E-state index contributed by atoms with van der Waals surface area (Å²) in [4.78, 5) is 18.4. The van der Waals surface area contributed by atoms with Crippen molar-refractivity contribution in [1.82, 2.24) is 0 Å². The molecule has 120 valence electrons. The lowest BCUT2D eigenvalue weighted by molar-refractivity contribution is 0.226. The van der Waals surface area contributed by atoms with Crippen LogP contribution in [-0.2, 0) is 4.79 Å². The molecule has 2 aliphatic carbocycles. The molecule has 0 aliphatic heterocycles. The van der Waals surface area contributed by atoms with Gasteiger partial charge in [-0.15, -0.1) is 0 Å². The van der Waals surface area contributed by atoms with Crippen LogP contribution in [0.25, 0.3) is 0 Å². The van der Waals surface area contributed by atoms with Crippen LogP contribution in [0.15, 0.2) is 16.6 Å². The molecule has 0 radical (unpaired) electrons. The molecular weight excluding hydrogens is 260 g/mol. The first kappa shape index (κ1) is 19.8. The van der Waals surface area contributed by atoms with E-state index in [9.17, 15) is 4.79 Å². The van der Waals surface area contributed by atoms with E-state index in [1.807, 2.05) is 0 Å². The van der Waals surface area contributed by atoms with E-state index in [-0.39, 0.29) is 20.9 Å². The minimum Gasteiger partial charge on any atom is -0.240 e. The van der Waals surface area contributed by atoms with Gasteiger partial charge < -0.3 is 0 Å². The molecule has 2 aliphatic rings. The highest BCUT2D eigenvalue weighted by atomic mass is 16.1. The highest BCUT2D eigenvalue weighted by molar-refractivity contribution is 5.46. The molecular formula is C18H32N2O. The third kappa shape index (κ3) is 6.42. The molecule has 2 saturated carbocycles. The van der Waals surface area contributed by atoms with E-state index in [0.29, 0.717) is 6.04 Å². The second-order valence-electron chi connectivity index (χ2n) is 6.09. The Kier molecular flexibility index (Phi) is 9.95. The number of aliphatic imine (C=N–C) groups is 2. The predicted octanol–water partition coefficient (Wildman–Crippen LogP) is 4.96. The van der Waals surface area contributed by atoms with Crippen LogP contribution in [0.5, 0.6) is 0 Å². The minimum atomic E-state index is 0. The van der Waals surface area contributed by atoms with Gasteiger partial charge in [-0.25, -0.2) is 14.8 Å². The van der Waals surface area contributed by atoms with Gasteiger partial charge in [-0.2, -0.15) is 0 Å². The van der Waals surface area contributed by atoms with Gasteiger partial charge in [0.05, 0.1) is 12.1 Å². The van der Waals surface area contributed by atoms with E-state index in [4.69, 9.17) is 0 Å². The largest absolute Gasteiger partial charge is 0.240 e. The zero-order valence-corrected chi connectivity index (χ0v) is 11.7. The van der Waals surface area contributed by atoms with Crippen LogP contribution in [0.1, 0.15) is 72.6 Å². The van der Waals surface area contributed by atoms with Gasteiger partial charge in [0.25, 0.3) is 0 Å². The second-order valence-corrected chi connectivity index (χ2v) is 6.09. The topological polar surface area (TPSA) is 41.8 Å².